The third-order valence-electron chi connectivity index (χ3n) is 6.27. The third kappa shape index (κ3) is 4.31. The Hall–Kier alpha value is -2.09. The number of methoxy groups -OCH3 is 2. The van der Waals surface area contributed by atoms with E-state index in [2.05, 4.69) is 6.92 Å². The molecular formula is C24H33NO5S. The number of sulfone groups is 1. The van der Waals surface area contributed by atoms with Gasteiger partial charge in [0.1, 0.15) is 0 Å². The van der Waals surface area contributed by atoms with E-state index in [-0.39, 0.29) is 10.6 Å². The van der Waals surface area contributed by atoms with Gasteiger partial charge in [-0.25, -0.2) is 8.42 Å². The van der Waals surface area contributed by atoms with Crippen molar-refractivity contribution < 1.29 is 22.7 Å². The molecule has 0 saturated carbocycles. The van der Waals surface area contributed by atoms with E-state index in [1.165, 1.54) is 7.11 Å². The lowest BCUT2D eigenvalue weighted by molar-refractivity contribution is -0.220. The highest BCUT2D eigenvalue weighted by molar-refractivity contribution is 7.91. The van der Waals surface area contributed by atoms with Crippen molar-refractivity contribution in [3.63, 3.8) is 0 Å². The number of fused-ring (bicyclic) bond motifs is 1. The molecule has 6 nitrogen and oxygen atoms in total. The first-order valence-electron chi connectivity index (χ1n) is 10.7. The molecule has 0 fully saturated rings. The first-order valence-corrected chi connectivity index (χ1v) is 12.4. The molecule has 0 N–H and O–H groups in total. The van der Waals surface area contributed by atoms with Crippen LogP contribution in [0.3, 0.4) is 0 Å². The van der Waals surface area contributed by atoms with Crippen LogP contribution in [0.1, 0.15) is 56.7 Å². The number of benzene rings is 2. The summed E-state index contributed by atoms with van der Waals surface area (Å²) < 4.78 is 38.5. The normalized spacial score (nSPS) is 23.1. The van der Waals surface area contributed by atoms with E-state index in [4.69, 9.17) is 14.3 Å². The van der Waals surface area contributed by atoms with Gasteiger partial charge in [0.25, 0.3) is 0 Å². The Balaban J connectivity index is 2.38. The minimum absolute atomic E-state index is 0.0177. The molecule has 2 aromatic rings. The fraction of sp³-hybridized carbons (Fsp3) is 0.500. The monoisotopic (exact) mass is 447 g/mol. The smallest absolute Gasteiger partial charge is 0.180 e. The molecular weight excluding hydrogens is 414 g/mol. The topological polar surface area (TPSA) is 65.1 Å². The van der Waals surface area contributed by atoms with E-state index in [0.717, 1.165) is 24.8 Å². The Labute approximate surface area is 186 Å². The largest absolute Gasteiger partial charge is 0.493 e. The van der Waals surface area contributed by atoms with Crippen molar-refractivity contribution in [1.29, 1.82) is 0 Å². The predicted octanol–water partition coefficient (Wildman–Crippen LogP) is 4.78. The summed E-state index contributed by atoms with van der Waals surface area (Å²) in [6.07, 6.45) is 3.25. The number of hydrogen-bond acceptors (Lipinski definition) is 6. The molecule has 2 aromatic carbocycles. The van der Waals surface area contributed by atoms with Gasteiger partial charge in [-0.3, -0.25) is 0 Å². The van der Waals surface area contributed by atoms with Crippen LogP contribution in [0.5, 0.6) is 11.5 Å². The average Bonchev–Trinajstić information content (AvgIpc) is 2.87. The standard InChI is InChI=1S/C24H33NO5S/c1-6-8-14-24(7-2)17-31(26,27)22-16-21(29-4)20(28-3)15-19(22)23(25(24)30-5)18-12-10-9-11-13-18/h9-13,15-16,23H,6-8,14,17H2,1-5H3/t23-,24+/m0/s1. The summed E-state index contributed by atoms with van der Waals surface area (Å²) in [5, 5.41) is 1.91. The summed E-state index contributed by atoms with van der Waals surface area (Å²) in [4.78, 5) is 6.29. The molecule has 0 spiro atoms. The van der Waals surface area contributed by atoms with E-state index in [9.17, 15) is 8.42 Å². The van der Waals surface area contributed by atoms with Gasteiger partial charge in [0.15, 0.2) is 21.3 Å². The molecule has 2 atom stereocenters. The van der Waals surface area contributed by atoms with Gasteiger partial charge in [0, 0.05) is 6.07 Å². The average molecular weight is 448 g/mol. The Kier molecular flexibility index (Phi) is 7.29. The highest BCUT2D eigenvalue weighted by Crippen LogP contribution is 2.47. The SMILES string of the molecule is CCCC[C@]1(CC)CS(=O)(=O)c2cc(OC)c(OC)cc2[C@H](c2ccccc2)N1OC. The molecule has 0 bridgehead atoms. The minimum atomic E-state index is -3.63. The summed E-state index contributed by atoms with van der Waals surface area (Å²) in [6.45, 7) is 4.15. The molecule has 0 saturated heterocycles. The molecule has 170 valence electrons. The van der Waals surface area contributed by atoms with Crippen LogP contribution in [0.4, 0.5) is 0 Å². The van der Waals surface area contributed by atoms with Crippen LogP contribution in [-0.2, 0) is 14.7 Å². The summed E-state index contributed by atoms with van der Waals surface area (Å²) in [5.74, 6) is 0.875. The molecule has 0 aliphatic carbocycles. The molecule has 1 heterocycles. The van der Waals surface area contributed by atoms with Gasteiger partial charge in [-0.2, -0.15) is 5.06 Å². The van der Waals surface area contributed by atoms with Gasteiger partial charge in [0.2, 0.25) is 0 Å². The van der Waals surface area contributed by atoms with Crippen molar-refractivity contribution in [2.45, 2.75) is 56.0 Å². The van der Waals surface area contributed by atoms with E-state index in [0.29, 0.717) is 23.5 Å². The van der Waals surface area contributed by atoms with Crippen molar-refractivity contribution in [3.8, 4) is 11.5 Å². The van der Waals surface area contributed by atoms with Crippen LogP contribution in [0.15, 0.2) is 47.4 Å². The molecule has 31 heavy (non-hydrogen) atoms. The quantitative estimate of drug-likeness (QED) is 0.580. The Morgan fingerprint density at radius 2 is 1.68 bits per heavy atom. The number of unbranched alkanes of at least 4 members (excludes halogenated alkanes) is 1. The summed E-state index contributed by atoms with van der Waals surface area (Å²) in [7, 11) is 1.07. The second-order valence-corrected chi connectivity index (χ2v) is 9.97. The first-order chi connectivity index (χ1) is 14.9. The van der Waals surface area contributed by atoms with Crippen molar-refractivity contribution in [1.82, 2.24) is 5.06 Å². The zero-order valence-electron chi connectivity index (χ0n) is 19.1. The Morgan fingerprint density at radius 1 is 1.03 bits per heavy atom. The van der Waals surface area contributed by atoms with Crippen LogP contribution in [0.2, 0.25) is 0 Å². The van der Waals surface area contributed by atoms with Crippen LogP contribution in [-0.4, -0.2) is 46.1 Å². The van der Waals surface area contributed by atoms with Gasteiger partial charge in [-0.05, 0) is 30.0 Å². The maximum absolute atomic E-state index is 13.8. The van der Waals surface area contributed by atoms with Crippen molar-refractivity contribution >= 4 is 9.84 Å². The zero-order valence-corrected chi connectivity index (χ0v) is 19.9. The lowest BCUT2D eigenvalue weighted by Gasteiger charge is -2.44. The minimum Gasteiger partial charge on any atom is -0.493 e. The van der Waals surface area contributed by atoms with Gasteiger partial charge < -0.3 is 14.3 Å². The van der Waals surface area contributed by atoms with Gasteiger partial charge >= 0.3 is 0 Å². The fourth-order valence-electron chi connectivity index (χ4n) is 4.63. The number of rotatable bonds is 8. The Morgan fingerprint density at radius 3 is 2.23 bits per heavy atom. The van der Waals surface area contributed by atoms with Gasteiger partial charge in [-0.15, -0.1) is 0 Å². The van der Waals surface area contributed by atoms with E-state index in [1.807, 2.05) is 42.3 Å². The highest BCUT2D eigenvalue weighted by atomic mass is 32.2. The molecule has 7 heteroatoms. The number of hydroxylamine groups is 2. The maximum atomic E-state index is 13.8. The number of hydrogen-bond donors (Lipinski definition) is 0. The van der Waals surface area contributed by atoms with Crippen molar-refractivity contribution in [3.05, 3.63) is 53.6 Å². The second kappa shape index (κ2) is 9.59. The molecule has 0 aromatic heterocycles. The lowest BCUT2D eigenvalue weighted by atomic mass is 9.87. The zero-order chi connectivity index (χ0) is 22.6. The summed E-state index contributed by atoms with van der Waals surface area (Å²) >= 11 is 0. The molecule has 0 radical (unpaired) electrons. The third-order valence-corrected chi connectivity index (χ3v) is 8.21. The molecule has 0 amide bonds. The van der Waals surface area contributed by atoms with E-state index < -0.39 is 21.4 Å². The molecule has 1 aliphatic heterocycles. The predicted molar refractivity (Wildman–Crippen MR) is 121 cm³/mol. The van der Waals surface area contributed by atoms with E-state index in [1.54, 1.807) is 26.4 Å². The van der Waals surface area contributed by atoms with Crippen LogP contribution >= 0.6 is 0 Å². The lowest BCUT2D eigenvalue weighted by Crippen LogP contribution is -2.52. The summed E-state index contributed by atoms with van der Waals surface area (Å²) in [6, 6.07) is 12.9. The van der Waals surface area contributed by atoms with E-state index >= 15 is 0 Å². The molecule has 3 rings (SSSR count). The maximum Gasteiger partial charge on any atom is 0.180 e. The number of ether oxygens (including phenoxy) is 2. The first kappa shape index (κ1) is 23.6. The van der Waals surface area contributed by atoms with Crippen molar-refractivity contribution in [2.75, 3.05) is 27.1 Å². The molecule has 1 aliphatic rings. The highest BCUT2D eigenvalue weighted by Gasteiger charge is 2.49. The van der Waals surface area contributed by atoms with Crippen LogP contribution in [0.25, 0.3) is 0 Å². The second-order valence-electron chi connectivity index (χ2n) is 8.01. The van der Waals surface area contributed by atoms with Crippen LogP contribution in [0, 0.1) is 0 Å². The van der Waals surface area contributed by atoms with Gasteiger partial charge in [-0.1, -0.05) is 57.0 Å². The number of nitrogens with zero attached hydrogens (tertiary/aromatic N) is 1. The van der Waals surface area contributed by atoms with Crippen molar-refractivity contribution in [2.24, 2.45) is 0 Å². The van der Waals surface area contributed by atoms with Gasteiger partial charge in [0.05, 0.1) is 43.6 Å². The van der Waals surface area contributed by atoms with Crippen LogP contribution < -0.4 is 9.47 Å². The summed E-state index contributed by atoms with van der Waals surface area (Å²) in [5.41, 5.74) is 0.936. The fourth-order valence-corrected chi connectivity index (χ4v) is 6.78. The Bertz CT molecular complexity index is 993. The molecule has 0 unspecified atom stereocenters.